The normalized spacial score (nSPS) is 24.1. The third-order valence-electron chi connectivity index (χ3n) is 8.96. The second kappa shape index (κ2) is 9.36. The molecule has 12 heteroatoms. The van der Waals surface area contributed by atoms with Gasteiger partial charge in [0, 0.05) is 42.1 Å². The fraction of sp³-hybridized carbons (Fsp3) is 0.448. The minimum Gasteiger partial charge on any atom is -0.461 e. The summed E-state index contributed by atoms with van der Waals surface area (Å²) in [7, 11) is 0. The minimum absolute atomic E-state index is 0.108. The Balaban J connectivity index is 1.40. The van der Waals surface area contributed by atoms with Crippen molar-refractivity contribution in [2.45, 2.75) is 57.3 Å². The van der Waals surface area contributed by atoms with Gasteiger partial charge >= 0.3 is 11.6 Å². The van der Waals surface area contributed by atoms with Gasteiger partial charge < -0.3 is 19.8 Å². The number of hydrogen-bond donors (Lipinski definition) is 1. The molecule has 212 valence electrons. The lowest BCUT2D eigenvalue weighted by atomic mass is 9.95. The number of aromatic nitrogens is 2. The number of hydrogen-bond acceptors (Lipinski definition) is 10. The number of fused-ring (bicyclic) bond motifs is 3. The highest BCUT2D eigenvalue weighted by Gasteiger charge is 2.49. The molecule has 0 saturated carbocycles. The predicted octanol–water partition coefficient (Wildman–Crippen LogP) is 4.92. The number of benzene rings is 1. The molecule has 0 aliphatic carbocycles. The van der Waals surface area contributed by atoms with Crippen LogP contribution in [0.1, 0.15) is 43.7 Å². The number of anilines is 2. The maximum Gasteiger partial charge on any atom is 0.349 e. The standard InChI is InChI=1S/C29H28F2N6O3S/c1-14-6-9-37(14)26-21-22(34-28(35-26)39-13-29-7-3-8-36(29)12-16(30)10-29)15(2)23(40-27(21)38)17-4-5-19(31)24-20(17)18(11-32)25(33)41-24/h4-5,14,16H,3,6-10,12-13,33H2,1-2H3/t14-,16-,29+/m1/s1. The van der Waals surface area contributed by atoms with E-state index < -0.39 is 17.6 Å². The Morgan fingerprint density at radius 2 is 2.15 bits per heavy atom. The molecule has 0 spiro atoms. The average molecular weight is 579 g/mol. The van der Waals surface area contributed by atoms with Crippen molar-refractivity contribution in [1.82, 2.24) is 14.9 Å². The van der Waals surface area contributed by atoms with E-state index in [2.05, 4.69) is 22.9 Å². The van der Waals surface area contributed by atoms with Crippen molar-refractivity contribution in [3.8, 4) is 23.4 Å². The molecule has 3 aliphatic heterocycles. The Labute approximate surface area is 238 Å². The number of rotatable bonds is 5. The van der Waals surface area contributed by atoms with Crippen LogP contribution in [0.2, 0.25) is 0 Å². The van der Waals surface area contributed by atoms with Crippen LogP contribution in [0.3, 0.4) is 0 Å². The third kappa shape index (κ3) is 3.89. The van der Waals surface area contributed by atoms with E-state index >= 15 is 0 Å². The Kier molecular flexibility index (Phi) is 5.96. The average Bonchev–Trinajstić information content (AvgIpc) is 3.58. The summed E-state index contributed by atoms with van der Waals surface area (Å²) in [5, 5.41) is 10.5. The zero-order valence-electron chi connectivity index (χ0n) is 22.7. The first kappa shape index (κ1) is 26.1. The Bertz CT molecular complexity index is 1830. The molecule has 0 bridgehead atoms. The molecule has 6 heterocycles. The quantitative estimate of drug-likeness (QED) is 0.352. The lowest BCUT2D eigenvalue weighted by molar-refractivity contribution is 0.107. The van der Waals surface area contributed by atoms with Crippen LogP contribution in [0.5, 0.6) is 6.01 Å². The molecule has 4 aromatic rings. The van der Waals surface area contributed by atoms with E-state index in [9.17, 15) is 18.8 Å². The van der Waals surface area contributed by atoms with Crippen LogP contribution in [0.15, 0.2) is 21.3 Å². The van der Waals surface area contributed by atoms with Gasteiger partial charge in [-0.15, -0.1) is 11.3 Å². The van der Waals surface area contributed by atoms with Gasteiger partial charge in [-0.2, -0.15) is 15.2 Å². The van der Waals surface area contributed by atoms with Crippen LogP contribution in [-0.4, -0.2) is 58.9 Å². The van der Waals surface area contributed by atoms with Crippen molar-refractivity contribution < 1.29 is 17.9 Å². The summed E-state index contributed by atoms with van der Waals surface area (Å²) in [6.07, 6.45) is 2.30. The second-order valence-electron chi connectivity index (χ2n) is 11.3. The summed E-state index contributed by atoms with van der Waals surface area (Å²) in [4.78, 5) is 27.1. The smallest absolute Gasteiger partial charge is 0.349 e. The lowest BCUT2D eigenvalue weighted by Crippen LogP contribution is -2.47. The van der Waals surface area contributed by atoms with Crippen molar-refractivity contribution in [2.75, 3.05) is 36.9 Å². The number of alkyl halides is 1. The summed E-state index contributed by atoms with van der Waals surface area (Å²) >= 11 is 0.975. The van der Waals surface area contributed by atoms with Crippen molar-refractivity contribution in [3.05, 3.63) is 39.5 Å². The zero-order chi connectivity index (χ0) is 28.6. The van der Waals surface area contributed by atoms with E-state index in [-0.39, 0.29) is 50.6 Å². The number of aryl methyl sites for hydroxylation is 1. The SMILES string of the molecule is Cc1c(-c2ccc(F)c3sc(N)c(C#N)c23)oc(=O)c2c(N3CC[C@H]3C)nc(OC[C@@]34CCCN3C[C@H](F)C4)nc12. The summed E-state index contributed by atoms with van der Waals surface area (Å²) in [5.41, 5.74) is 6.40. The molecule has 0 unspecified atom stereocenters. The lowest BCUT2D eigenvalue weighted by Gasteiger charge is -2.40. The predicted molar refractivity (Wildman–Crippen MR) is 153 cm³/mol. The fourth-order valence-electron chi connectivity index (χ4n) is 6.71. The molecule has 3 fully saturated rings. The van der Waals surface area contributed by atoms with Gasteiger partial charge in [0.1, 0.15) is 40.8 Å². The summed E-state index contributed by atoms with van der Waals surface area (Å²) < 4.78 is 41.4. The Morgan fingerprint density at radius 3 is 2.88 bits per heavy atom. The third-order valence-corrected chi connectivity index (χ3v) is 9.99. The van der Waals surface area contributed by atoms with Crippen LogP contribution >= 0.6 is 11.3 Å². The van der Waals surface area contributed by atoms with E-state index in [1.54, 1.807) is 6.92 Å². The van der Waals surface area contributed by atoms with Crippen LogP contribution in [0.4, 0.5) is 19.6 Å². The van der Waals surface area contributed by atoms with E-state index in [4.69, 9.17) is 19.9 Å². The molecule has 3 atom stereocenters. The molecule has 9 nitrogen and oxygen atoms in total. The van der Waals surface area contributed by atoms with Crippen LogP contribution < -0.4 is 21.0 Å². The van der Waals surface area contributed by atoms with Crippen molar-refractivity contribution >= 4 is 43.1 Å². The second-order valence-corrected chi connectivity index (χ2v) is 12.4. The van der Waals surface area contributed by atoms with Crippen LogP contribution in [0, 0.1) is 24.1 Å². The molecular formula is C29H28F2N6O3S. The summed E-state index contributed by atoms with van der Waals surface area (Å²) in [5.74, 6) is 0.0905. The number of nitrogens with two attached hydrogens (primary N) is 1. The first-order valence-electron chi connectivity index (χ1n) is 13.8. The highest BCUT2D eigenvalue weighted by Crippen LogP contribution is 2.44. The van der Waals surface area contributed by atoms with E-state index in [0.29, 0.717) is 47.4 Å². The number of thiophene rings is 1. The minimum atomic E-state index is -0.889. The Morgan fingerprint density at radius 1 is 1.32 bits per heavy atom. The van der Waals surface area contributed by atoms with Crippen molar-refractivity contribution in [1.29, 1.82) is 5.26 Å². The van der Waals surface area contributed by atoms with Crippen LogP contribution in [0.25, 0.3) is 32.3 Å². The molecular weight excluding hydrogens is 550 g/mol. The highest BCUT2D eigenvalue weighted by atomic mass is 32.1. The number of nitrogens with zero attached hydrogens (tertiary/aromatic N) is 5. The van der Waals surface area contributed by atoms with Gasteiger partial charge in [-0.05, 0) is 51.8 Å². The number of nitriles is 1. The van der Waals surface area contributed by atoms with Gasteiger partial charge in [0.15, 0.2) is 5.82 Å². The van der Waals surface area contributed by atoms with Crippen molar-refractivity contribution in [2.24, 2.45) is 0 Å². The number of halogens is 2. The molecule has 0 amide bonds. The van der Waals surface area contributed by atoms with Gasteiger partial charge in [-0.25, -0.2) is 13.6 Å². The number of nitrogen functional groups attached to an aromatic ring is 1. The monoisotopic (exact) mass is 578 g/mol. The zero-order valence-corrected chi connectivity index (χ0v) is 23.5. The number of ether oxygens (including phenoxy) is 1. The highest BCUT2D eigenvalue weighted by molar-refractivity contribution is 7.23. The molecule has 3 aromatic heterocycles. The largest absolute Gasteiger partial charge is 0.461 e. The first-order chi connectivity index (χ1) is 19.7. The van der Waals surface area contributed by atoms with Gasteiger partial charge in [-0.1, -0.05) is 0 Å². The van der Waals surface area contributed by atoms with Gasteiger partial charge in [-0.3, -0.25) is 4.90 Å². The molecule has 3 saturated heterocycles. The van der Waals surface area contributed by atoms with E-state index in [1.807, 2.05) is 4.90 Å². The van der Waals surface area contributed by atoms with E-state index in [1.165, 1.54) is 12.1 Å². The molecule has 1 aromatic carbocycles. The first-order valence-corrected chi connectivity index (χ1v) is 14.6. The fourth-order valence-corrected chi connectivity index (χ4v) is 7.66. The van der Waals surface area contributed by atoms with Gasteiger partial charge in [0.25, 0.3) is 0 Å². The van der Waals surface area contributed by atoms with Crippen molar-refractivity contribution in [3.63, 3.8) is 0 Å². The summed E-state index contributed by atoms with van der Waals surface area (Å²) in [6.45, 7) is 6.03. The molecule has 0 radical (unpaired) electrons. The molecule has 7 rings (SSSR count). The maximum absolute atomic E-state index is 14.7. The van der Waals surface area contributed by atoms with Gasteiger partial charge in [0.05, 0.1) is 21.3 Å². The molecule has 2 N–H and O–H groups in total. The topological polar surface area (TPSA) is 122 Å². The van der Waals surface area contributed by atoms with E-state index in [0.717, 1.165) is 37.1 Å². The summed E-state index contributed by atoms with van der Waals surface area (Å²) in [6, 6.07) is 5.09. The Hall–Kier alpha value is -3.82. The van der Waals surface area contributed by atoms with Gasteiger partial charge in [0.2, 0.25) is 0 Å². The van der Waals surface area contributed by atoms with Crippen LogP contribution in [-0.2, 0) is 0 Å². The maximum atomic E-state index is 14.7. The molecule has 3 aliphatic rings. The molecule has 41 heavy (non-hydrogen) atoms.